The quantitative estimate of drug-likeness (QED) is 0.559. The molecular formula is C25H27N3O4. The molecule has 7 nitrogen and oxygen atoms in total. The van der Waals surface area contributed by atoms with Crippen LogP contribution in [-0.4, -0.2) is 37.6 Å². The molecule has 2 amide bonds. The summed E-state index contributed by atoms with van der Waals surface area (Å²) in [5.74, 6) is 0.642. The molecule has 3 aromatic rings. The van der Waals surface area contributed by atoms with Gasteiger partial charge in [-0.3, -0.25) is 14.6 Å². The van der Waals surface area contributed by atoms with Crippen LogP contribution in [0.4, 0.5) is 5.69 Å². The molecule has 0 fully saturated rings. The molecule has 0 aliphatic rings. The highest BCUT2D eigenvalue weighted by Gasteiger charge is 2.22. The number of anilines is 1. The van der Waals surface area contributed by atoms with Crippen molar-refractivity contribution in [2.75, 3.05) is 26.1 Å². The highest BCUT2D eigenvalue weighted by atomic mass is 16.5. The van der Waals surface area contributed by atoms with Crippen molar-refractivity contribution in [2.45, 2.75) is 19.3 Å². The average Bonchev–Trinajstić information content (AvgIpc) is 2.83. The first-order chi connectivity index (χ1) is 15.3. The van der Waals surface area contributed by atoms with Crippen molar-refractivity contribution in [3.8, 4) is 11.5 Å². The number of carbonyl (C=O) groups is 2. The van der Waals surface area contributed by atoms with E-state index >= 15 is 0 Å². The van der Waals surface area contributed by atoms with Gasteiger partial charge >= 0.3 is 0 Å². The fourth-order valence-corrected chi connectivity index (χ4v) is 3.19. The number of pyridine rings is 1. The Bertz CT molecular complexity index is 1080. The number of nitrogens with zero attached hydrogens (tertiary/aromatic N) is 1. The average molecular weight is 434 g/mol. The smallest absolute Gasteiger partial charge is 0.255 e. The van der Waals surface area contributed by atoms with Gasteiger partial charge in [0.25, 0.3) is 11.8 Å². The summed E-state index contributed by atoms with van der Waals surface area (Å²) in [6.07, 6.45) is 3.17. The van der Waals surface area contributed by atoms with E-state index in [1.807, 2.05) is 38.1 Å². The molecule has 166 valence electrons. The van der Waals surface area contributed by atoms with E-state index in [0.29, 0.717) is 34.9 Å². The summed E-state index contributed by atoms with van der Waals surface area (Å²) < 4.78 is 10.5. The number of hydrogen-bond donors (Lipinski definition) is 2. The number of methoxy groups -OCH3 is 2. The van der Waals surface area contributed by atoms with Gasteiger partial charge in [0.1, 0.15) is 0 Å². The van der Waals surface area contributed by atoms with E-state index < -0.39 is 0 Å². The Hall–Kier alpha value is -3.87. The lowest BCUT2D eigenvalue weighted by Crippen LogP contribution is -2.36. The predicted molar refractivity (Wildman–Crippen MR) is 124 cm³/mol. The van der Waals surface area contributed by atoms with Crippen LogP contribution in [0.2, 0.25) is 0 Å². The van der Waals surface area contributed by atoms with Crippen LogP contribution in [0.3, 0.4) is 0 Å². The van der Waals surface area contributed by atoms with E-state index in [0.717, 1.165) is 5.56 Å². The number of benzene rings is 2. The minimum Gasteiger partial charge on any atom is -0.493 e. The molecule has 0 bridgehead atoms. The number of aromatic nitrogens is 1. The second kappa shape index (κ2) is 9.96. The molecule has 0 aliphatic heterocycles. The molecule has 0 unspecified atom stereocenters. The molecule has 2 N–H and O–H groups in total. The maximum atomic E-state index is 12.6. The van der Waals surface area contributed by atoms with E-state index in [4.69, 9.17) is 9.47 Å². The zero-order valence-corrected chi connectivity index (χ0v) is 18.6. The summed E-state index contributed by atoms with van der Waals surface area (Å²) in [6, 6.07) is 16.0. The molecule has 0 atom stereocenters. The van der Waals surface area contributed by atoms with Crippen LogP contribution in [-0.2, 0) is 5.41 Å². The van der Waals surface area contributed by atoms with Crippen molar-refractivity contribution in [3.05, 3.63) is 83.7 Å². The van der Waals surface area contributed by atoms with Gasteiger partial charge in [-0.05, 0) is 48.0 Å². The molecule has 0 radical (unpaired) electrons. The van der Waals surface area contributed by atoms with E-state index in [1.165, 1.54) is 13.3 Å². The first-order valence-corrected chi connectivity index (χ1v) is 10.2. The highest BCUT2D eigenvalue weighted by Crippen LogP contribution is 2.28. The monoisotopic (exact) mass is 433 g/mol. The number of carbonyl (C=O) groups excluding carboxylic acids is 2. The first kappa shape index (κ1) is 22.8. The lowest BCUT2D eigenvalue weighted by molar-refractivity contribution is 0.0944. The summed E-state index contributed by atoms with van der Waals surface area (Å²) in [4.78, 5) is 28.9. The Kier molecular flexibility index (Phi) is 7.10. The Morgan fingerprint density at radius 2 is 1.62 bits per heavy atom. The maximum Gasteiger partial charge on any atom is 0.255 e. The summed E-state index contributed by atoms with van der Waals surface area (Å²) in [6.45, 7) is 4.56. The van der Waals surface area contributed by atoms with E-state index in [1.54, 1.807) is 43.6 Å². The molecule has 7 heteroatoms. The zero-order chi connectivity index (χ0) is 23.1. The number of hydrogen-bond acceptors (Lipinski definition) is 5. The van der Waals surface area contributed by atoms with Gasteiger partial charge in [0.2, 0.25) is 0 Å². The molecule has 1 heterocycles. The second-order valence-corrected chi connectivity index (χ2v) is 7.91. The van der Waals surface area contributed by atoms with Gasteiger partial charge in [-0.25, -0.2) is 0 Å². The number of ether oxygens (including phenoxy) is 2. The fourth-order valence-electron chi connectivity index (χ4n) is 3.19. The lowest BCUT2D eigenvalue weighted by Gasteiger charge is -2.26. The summed E-state index contributed by atoms with van der Waals surface area (Å²) in [5, 5.41) is 5.84. The zero-order valence-electron chi connectivity index (χ0n) is 18.6. The number of amides is 2. The van der Waals surface area contributed by atoms with Crippen LogP contribution in [0.25, 0.3) is 0 Å². The third kappa shape index (κ3) is 5.43. The Morgan fingerprint density at radius 1 is 0.906 bits per heavy atom. The molecule has 1 aromatic heterocycles. The number of nitrogens with one attached hydrogen (secondary N) is 2. The third-order valence-corrected chi connectivity index (χ3v) is 5.18. The summed E-state index contributed by atoms with van der Waals surface area (Å²) >= 11 is 0. The van der Waals surface area contributed by atoms with Crippen LogP contribution in [0.5, 0.6) is 11.5 Å². The topological polar surface area (TPSA) is 89.6 Å². The van der Waals surface area contributed by atoms with Crippen molar-refractivity contribution in [1.82, 2.24) is 10.3 Å². The van der Waals surface area contributed by atoms with Gasteiger partial charge < -0.3 is 20.1 Å². The van der Waals surface area contributed by atoms with Gasteiger partial charge in [-0.2, -0.15) is 0 Å². The van der Waals surface area contributed by atoms with Crippen LogP contribution in [0, 0.1) is 0 Å². The van der Waals surface area contributed by atoms with Crippen molar-refractivity contribution in [3.63, 3.8) is 0 Å². The van der Waals surface area contributed by atoms with Gasteiger partial charge in [0.05, 0.1) is 19.8 Å². The van der Waals surface area contributed by atoms with Crippen molar-refractivity contribution < 1.29 is 19.1 Å². The predicted octanol–water partition coefficient (Wildman–Crippen LogP) is 4.06. The Morgan fingerprint density at radius 3 is 2.25 bits per heavy atom. The van der Waals surface area contributed by atoms with Gasteiger partial charge in [-0.1, -0.05) is 26.0 Å². The second-order valence-electron chi connectivity index (χ2n) is 7.91. The largest absolute Gasteiger partial charge is 0.493 e. The third-order valence-electron chi connectivity index (χ3n) is 5.18. The molecule has 2 aromatic carbocycles. The molecule has 3 rings (SSSR count). The first-order valence-electron chi connectivity index (χ1n) is 10.2. The van der Waals surface area contributed by atoms with Gasteiger partial charge in [-0.15, -0.1) is 0 Å². The summed E-state index contributed by atoms with van der Waals surface area (Å²) in [7, 11) is 3.07. The van der Waals surface area contributed by atoms with Crippen molar-refractivity contribution >= 4 is 17.5 Å². The molecule has 0 saturated carbocycles. The maximum absolute atomic E-state index is 12.6. The van der Waals surface area contributed by atoms with Crippen molar-refractivity contribution in [2.24, 2.45) is 0 Å². The van der Waals surface area contributed by atoms with Crippen LogP contribution in [0.15, 0.2) is 67.0 Å². The molecular weight excluding hydrogens is 406 g/mol. The molecule has 32 heavy (non-hydrogen) atoms. The minimum atomic E-state index is -0.302. The molecule has 0 spiro atoms. The summed E-state index contributed by atoms with van der Waals surface area (Å²) in [5.41, 5.74) is 2.39. The van der Waals surface area contributed by atoms with Crippen LogP contribution < -0.4 is 20.1 Å². The SMILES string of the molecule is COc1ccc(C(=O)Nc2ccc(C(C)(C)CNC(=O)c3cccnc3)cc2)cc1OC. The van der Waals surface area contributed by atoms with Gasteiger partial charge in [0, 0.05) is 35.6 Å². The van der Waals surface area contributed by atoms with E-state index in [2.05, 4.69) is 15.6 Å². The standard InChI is InChI=1S/C25H27N3O4/c1-25(2,16-27-23(29)18-6-5-13-26-15-18)19-8-10-20(11-9-19)28-24(30)17-7-12-21(31-3)22(14-17)32-4/h5-15H,16H2,1-4H3,(H,27,29)(H,28,30). The fraction of sp³-hybridized carbons (Fsp3) is 0.240. The Balaban J connectivity index is 1.63. The minimum absolute atomic E-state index is 0.162. The Labute approximate surface area is 187 Å². The van der Waals surface area contributed by atoms with E-state index in [-0.39, 0.29) is 17.2 Å². The lowest BCUT2D eigenvalue weighted by atomic mass is 9.84. The van der Waals surface area contributed by atoms with Gasteiger partial charge in [0.15, 0.2) is 11.5 Å². The van der Waals surface area contributed by atoms with Crippen LogP contribution in [0.1, 0.15) is 40.1 Å². The number of rotatable bonds is 8. The van der Waals surface area contributed by atoms with Crippen molar-refractivity contribution in [1.29, 1.82) is 0 Å². The molecule has 0 aliphatic carbocycles. The normalized spacial score (nSPS) is 10.9. The van der Waals surface area contributed by atoms with E-state index in [9.17, 15) is 9.59 Å². The highest BCUT2D eigenvalue weighted by molar-refractivity contribution is 6.04. The molecule has 0 saturated heterocycles. The van der Waals surface area contributed by atoms with Crippen LogP contribution >= 0.6 is 0 Å².